The van der Waals surface area contributed by atoms with Crippen LogP contribution in [-0.2, 0) is 9.53 Å². The van der Waals surface area contributed by atoms with E-state index in [0.29, 0.717) is 6.61 Å². The summed E-state index contributed by atoms with van der Waals surface area (Å²) in [4.78, 5) is 11.3. The molecular weight excluding hydrogens is 192 g/mol. The van der Waals surface area contributed by atoms with E-state index in [1.165, 1.54) is 12.8 Å². The van der Waals surface area contributed by atoms with Crippen molar-refractivity contribution in [2.75, 3.05) is 32.8 Å². The van der Waals surface area contributed by atoms with E-state index >= 15 is 0 Å². The summed E-state index contributed by atoms with van der Waals surface area (Å²) in [6, 6.07) is 0. The van der Waals surface area contributed by atoms with Crippen LogP contribution in [0.2, 0.25) is 0 Å². The van der Waals surface area contributed by atoms with Crippen molar-refractivity contribution in [3.05, 3.63) is 0 Å². The maximum absolute atomic E-state index is 11.3. The van der Waals surface area contributed by atoms with Gasteiger partial charge in [-0.05, 0) is 31.7 Å². The quantitative estimate of drug-likeness (QED) is 0.702. The Morgan fingerprint density at radius 1 is 1.60 bits per heavy atom. The molecule has 15 heavy (non-hydrogen) atoms. The highest BCUT2D eigenvalue weighted by molar-refractivity contribution is 5.77. The molecule has 0 aliphatic carbocycles. The van der Waals surface area contributed by atoms with E-state index in [1.807, 2.05) is 6.92 Å². The third-order valence-electron chi connectivity index (χ3n) is 2.84. The van der Waals surface area contributed by atoms with Crippen molar-refractivity contribution >= 4 is 5.91 Å². The Labute approximate surface area is 91.8 Å². The molecule has 4 nitrogen and oxygen atoms in total. The molecule has 4 heteroatoms. The fraction of sp³-hybridized carbons (Fsp3) is 0.909. The van der Waals surface area contributed by atoms with E-state index in [0.717, 1.165) is 19.6 Å². The molecule has 1 aliphatic rings. The van der Waals surface area contributed by atoms with E-state index in [9.17, 15) is 4.79 Å². The highest BCUT2D eigenvalue weighted by atomic mass is 16.5. The van der Waals surface area contributed by atoms with Crippen molar-refractivity contribution < 1.29 is 9.53 Å². The first-order chi connectivity index (χ1) is 7.16. The lowest BCUT2D eigenvalue weighted by atomic mass is 9.83. The Hall–Kier alpha value is -0.610. The third-order valence-corrected chi connectivity index (χ3v) is 2.84. The lowest BCUT2D eigenvalue weighted by Gasteiger charge is -2.34. The second-order valence-electron chi connectivity index (χ2n) is 4.50. The molecule has 0 aromatic carbocycles. The van der Waals surface area contributed by atoms with Crippen molar-refractivity contribution in [1.82, 2.24) is 10.6 Å². The van der Waals surface area contributed by atoms with Crippen LogP contribution in [0.15, 0.2) is 0 Å². The van der Waals surface area contributed by atoms with Gasteiger partial charge < -0.3 is 15.4 Å². The van der Waals surface area contributed by atoms with Gasteiger partial charge in [0.25, 0.3) is 0 Å². The number of rotatable bonds is 5. The van der Waals surface area contributed by atoms with Gasteiger partial charge in [-0.2, -0.15) is 0 Å². The van der Waals surface area contributed by atoms with Gasteiger partial charge in [0.15, 0.2) is 0 Å². The molecule has 1 atom stereocenters. The number of carbonyl (C=O) groups excluding carboxylic acids is 1. The van der Waals surface area contributed by atoms with Gasteiger partial charge in [-0.25, -0.2) is 0 Å². The molecular formula is C11H22N2O2. The number of amides is 1. The van der Waals surface area contributed by atoms with Crippen LogP contribution in [-0.4, -0.2) is 38.8 Å². The van der Waals surface area contributed by atoms with Crippen LogP contribution in [0.25, 0.3) is 0 Å². The van der Waals surface area contributed by atoms with Gasteiger partial charge in [0.1, 0.15) is 6.61 Å². The number of ether oxygens (including phenoxy) is 1. The predicted octanol–water partition coefficient (Wildman–Crippen LogP) is 0.529. The van der Waals surface area contributed by atoms with E-state index in [4.69, 9.17) is 4.74 Å². The molecule has 0 bridgehead atoms. The zero-order valence-corrected chi connectivity index (χ0v) is 9.77. The van der Waals surface area contributed by atoms with Crippen LogP contribution in [0, 0.1) is 5.41 Å². The molecule has 0 aromatic rings. The van der Waals surface area contributed by atoms with Crippen molar-refractivity contribution in [2.24, 2.45) is 5.41 Å². The molecule has 2 N–H and O–H groups in total. The minimum absolute atomic E-state index is 0.0105. The number of carbonyl (C=O) groups is 1. The van der Waals surface area contributed by atoms with Gasteiger partial charge in [0.05, 0.1) is 0 Å². The predicted molar refractivity (Wildman–Crippen MR) is 59.7 cm³/mol. The van der Waals surface area contributed by atoms with Gasteiger partial charge in [-0.3, -0.25) is 4.79 Å². The lowest BCUT2D eigenvalue weighted by Crippen LogP contribution is -2.46. The highest BCUT2D eigenvalue weighted by Crippen LogP contribution is 2.23. The normalized spacial score (nSPS) is 26.3. The summed E-state index contributed by atoms with van der Waals surface area (Å²) < 4.78 is 5.04. The van der Waals surface area contributed by atoms with E-state index in [1.54, 1.807) is 0 Å². The maximum Gasteiger partial charge on any atom is 0.246 e. The Balaban J connectivity index is 2.19. The molecule has 0 radical (unpaired) electrons. The second kappa shape index (κ2) is 6.08. The van der Waals surface area contributed by atoms with E-state index in [-0.39, 0.29) is 17.9 Å². The molecule has 0 saturated carbocycles. The van der Waals surface area contributed by atoms with Crippen LogP contribution in [0.5, 0.6) is 0 Å². The first kappa shape index (κ1) is 12.5. The van der Waals surface area contributed by atoms with Crippen molar-refractivity contribution in [1.29, 1.82) is 0 Å². The zero-order chi connectivity index (χ0) is 11.1. The Kier molecular flexibility index (Phi) is 5.05. The van der Waals surface area contributed by atoms with Crippen LogP contribution >= 0.6 is 0 Å². The molecule has 1 aliphatic heterocycles. The van der Waals surface area contributed by atoms with E-state index < -0.39 is 0 Å². The SMILES string of the molecule is CCOCC(=O)NCC1(C)CCCNC1. The fourth-order valence-corrected chi connectivity index (χ4v) is 1.83. The minimum Gasteiger partial charge on any atom is -0.372 e. The summed E-state index contributed by atoms with van der Waals surface area (Å²) >= 11 is 0. The summed E-state index contributed by atoms with van der Waals surface area (Å²) in [5, 5.41) is 6.28. The molecule has 1 unspecified atom stereocenters. The smallest absolute Gasteiger partial charge is 0.246 e. The lowest BCUT2D eigenvalue weighted by molar-refractivity contribution is -0.126. The topological polar surface area (TPSA) is 50.4 Å². The van der Waals surface area contributed by atoms with Gasteiger partial charge in [-0.1, -0.05) is 6.92 Å². The monoisotopic (exact) mass is 214 g/mol. The summed E-state index contributed by atoms with van der Waals surface area (Å²) in [7, 11) is 0. The van der Waals surface area contributed by atoms with Gasteiger partial charge in [-0.15, -0.1) is 0 Å². The number of hydrogen-bond acceptors (Lipinski definition) is 3. The Morgan fingerprint density at radius 3 is 3.00 bits per heavy atom. The maximum atomic E-state index is 11.3. The van der Waals surface area contributed by atoms with Crippen molar-refractivity contribution in [3.63, 3.8) is 0 Å². The first-order valence-electron chi connectivity index (χ1n) is 5.71. The largest absolute Gasteiger partial charge is 0.372 e. The van der Waals surface area contributed by atoms with Crippen molar-refractivity contribution in [3.8, 4) is 0 Å². The summed E-state index contributed by atoms with van der Waals surface area (Å²) in [6.45, 7) is 7.70. The number of nitrogens with one attached hydrogen (secondary N) is 2. The fourth-order valence-electron chi connectivity index (χ4n) is 1.83. The van der Waals surface area contributed by atoms with Gasteiger partial charge in [0.2, 0.25) is 5.91 Å². The number of hydrogen-bond donors (Lipinski definition) is 2. The molecule has 88 valence electrons. The van der Waals surface area contributed by atoms with Crippen LogP contribution in [0.3, 0.4) is 0 Å². The Morgan fingerprint density at radius 2 is 2.40 bits per heavy atom. The Bertz CT molecular complexity index is 201. The van der Waals surface area contributed by atoms with E-state index in [2.05, 4.69) is 17.6 Å². The molecule has 1 heterocycles. The molecule has 0 spiro atoms. The van der Waals surface area contributed by atoms with Gasteiger partial charge >= 0.3 is 0 Å². The standard InChI is InChI=1S/C11H22N2O2/c1-3-15-7-10(14)13-9-11(2)5-4-6-12-8-11/h12H,3-9H2,1-2H3,(H,13,14). The zero-order valence-electron chi connectivity index (χ0n) is 9.77. The summed E-state index contributed by atoms with van der Waals surface area (Å²) in [5.41, 5.74) is 0.208. The van der Waals surface area contributed by atoms with Crippen LogP contribution in [0.4, 0.5) is 0 Å². The average Bonchev–Trinajstić information content (AvgIpc) is 2.25. The molecule has 1 amide bonds. The first-order valence-corrected chi connectivity index (χ1v) is 5.71. The average molecular weight is 214 g/mol. The number of piperidine rings is 1. The summed E-state index contributed by atoms with van der Waals surface area (Å²) in [6.07, 6.45) is 2.37. The van der Waals surface area contributed by atoms with Crippen LogP contribution < -0.4 is 10.6 Å². The van der Waals surface area contributed by atoms with Crippen molar-refractivity contribution in [2.45, 2.75) is 26.7 Å². The third kappa shape index (κ3) is 4.62. The molecule has 0 aromatic heterocycles. The van der Waals surface area contributed by atoms with Gasteiger partial charge in [0, 0.05) is 19.7 Å². The second-order valence-corrected chi connectivity index (χ2v) is 4.50. The minimum atomic E-state index is -0.0105. The summed E-state index contributed by atoms with van der Waals surface area (Å²) in [5.74, 6) is -0.0105. The highest BCUT2D eigenvalue weighted by Gasteiger charge is 2.26. The molecule has 1 fully saturated rings. The van der Waals surface area contributed by atoms with Crippen LogP contribution in [0.1, 0.15) is 26.7 Å². The molecule has 1 saturated heterocycles. The molecule has 1 rings (SSSR count).